The van der Waals surface area contributed by atoms with Crippen molar-refractivity contribution in [2.45, 2.75) is 120 Å². The van der Waals surface area contributed by atoms with Gasteiger partial charge in [-0.3, -0.25) is 0 Å². The molecule has 16 rings (SSSR count). The fraction of sp³-hybridized carbons (Fsp3) is 0.231. The van der Waals surface area contributed by atoms with Gasteiger partial charge < -0.3 is 29.5 Å². The molecule has 0 fully saturated rings. The summed E-state index contributed by atoms with van der Waals surface area (Å²) in [5.41, 5.74) is 34.7. The molecule has 0 aliphatic carbocycles. The highest BCUT2D eigenvalue weighted by atomic mass is 16.5. The lowest BCUT2D eigenvalue weighted by atomic mass is 9.29. The molecule has 6 aliphatic heterocycles. The molecule has 0 atom stereocenters. The molecular formula is C78H73B3N4O2. The molecular weight excluding hydrogens is 1060 g/mol. The SMILES string of the molecule is Cc1cc(C)c(N2c3cc4c(cc3B3c5cc6c(cc5Oc5cc(C(C)(C)C)cc2c53)N(c2c(C)cc(C)cc2C)c2cc(C(C)(C)C)cc3c2B6c2ccccc2O3)B2c3ccccc3N(c3ccccc3)c3cc(C(C)(C)C)cc(c32)N4)c(C)c1. The average molecular weight is 1130 g/mol. The number of fused-ring (bicyclic) bond motifs is 12. The van der Waals surface area contributed by atoms with Gasteiger partial charge in [-0.05, 0) is 213 Å². The van der Waals surface area contributed by atoms with E-state index in [1.807, 2.05) is 0 Å². The molecule has 1 N–H and O–H groups in total. The number of rotatable bonds is 3. The summed E-state index contributed by atoms with van der Waals surface area (Å²) in [6, 6.07) is 62.9. The van der Waals surface area contributed by atoms with Crippen molar-refractivity contribution >= 4 is 132 Å². The van der Waals surface area contributed by atoms with Crippen molar-refractivity contribution in [3.8, 4) is 23.0 Å². The maximum atomic E-state index is 7.78. The van der Waals surface area contributed by atoms with E-state index in [-0.39, 0.29) is 36.4 Å². The number of nitrogens with zero attached hydrogens (tertiary/aromatic N) is 3. The number of anilines is 11. The van der Waals surface area contributed by atoms with E-state index >= 15 is 0 Å². The molecule has 6 nitrogen and oxygen atoms in total. The van der Waals surface area contributed by atoms with Crippen LogP contribution in [0.15, 0.2) is 164 Å². The van der Waals surface area contributed by atoms with E-state index in [1.54, 1.807) is 0 Å². The molecule has 0 amide bonds. The van der Waals surface area contributed by atoms with Crippen molar-refractivity contribution in [1.82, 2.24) is 0 Å². The quantitative estimate of drug-likeness (QED) is 0.178. The molecule has 0 radical (unpaired) electrons. The molecule has 0 spiro atoms. The minimum Gasteiger partial charge on any atom is -0.458 e. The number of nitrogens with one attached hydrogen (secondary N) is 1. The van der Waals surface area contributed by atoms with E-state index < -0.39 is 0 Å². The Balaban J connectivity index is 1.02. The van der Waals surface area contributed by atoms with Gasteiger partial charge in [-0.15, -0.1) is 0 Å². The van der Waals surface area contributed by atoms with E-state index in [0.29, 0.717) is 0 Å². The maximum Gasteiger partial charge on any atom is 0.256 e. The van der Waals surface area contributed by atoms with Crippen LogP contribution in [0, 0.1) is 41.5 Å². The minimum atomic E-state index is -0.208. The van der Waals surface area contributed by atoms with Gasteiger partial charge in [-0.1, -0.05) is 164 Å². The number of para-hydroxylation sites is 3. The van der Waals surface area contributed by atoms with Crippen molar-refractivity contribution in [3.05, 3.63) is 214 Å². The van der Waals surface area contributed by atoms with Crippen LogP contribution >= 0.6 is 0 Å². The lowest BCUT2D eigenvalue weighted by Crippen LogP contribution is -2.65. The molecule has 10 aromatic carbocycles. The second-order valence-corrected chi connectivity index (χ2v) is 29.0. The largest absolute Gasteiger partial charge is 0.458 e. The summed E-state index contributed by atoms with van der Waals surface area (Å²) >= 11 is 0. The van der Waals surface area contributed by atoms with E-state index in [1.165, 1.54) is 128 Å². The molecule has 9 heteroatoms. The van der Waals surface area contributed by atoms with Crippen LogP contribution in [-0.4, -0.2) is 20.1 Å². The number of aryl methyl sites for hydroxylation is 6. The summed E-state index contributed by atoms with van der Waals surface area (Å²) in [6.07, 6.45) is 0. The Morgan fingerprint density at radius 3 is 1.33 bits per heavy atom. The Kier molecular flexibility index (Phi) is 11.3. The first-order valence-electron chi connectivity index (χ1n) is 31.3. The predicted octanol–water partition coefficient (Wildman–Crippen LogP) is 14.6. The smallest absolute Gasteiger partial charge is 0.256 e. The van der Waals surface area contributed by atoms with Crippen LogP contribution in [0.3, 0.4) is 0 Å². The predicted molar refractivity (Wildman–Crippen MR) is 372 cm³/mol. The summed E-state index contributed by atoms with van der Waals surface area (Å²) in [4.78, 5) is 7.69. The monoisotopic (exact) mass is 1130 g/mol. The Morgan fingerprint density at radius 1 is 0.322 bits per heavy atom. The number of benzene rings is 10. The third kappa shape index (κ3) is 7.89. The number of hydrogen-bond acceptors (Lipinski definition) is 6. The fourth-order valence-electron chi connectivity index (χ4n) is 16.0. The lowest BCUT2D eigenvalue weighted by molar-refractivity contribution is 0.482. The van der Waals surface area contributed by atoms with E-state index in [4.69, 9.17) is 9.47 Å². The third-order valence-corrected chi connectivity index (χ3v) is 19.8. The van der Waals surface area contributed by atoms with Gasteiger partial charge >= 0.3 is 0 Å². The molecule has 0 saturated carbocycles. The van der Waals surface area contributed by atoms with E-state index in [9.17, 15) is 0 Å². The Labute approximate surface area is 515 Å². The van der Waals surface area contributed by atoms with Gasteiger partial charge in [-0.2, -0.15) is 0 Å². The zero-order valence-electron chi connectivity index (χ0n) is 53.0. The normalized spacial score (nSPS) is 14.5. The maximum absolute atomic E-state index is 7.78. The molecule has 6 aliphatic rings. The van der Waals surface area contributed by atoms with Crippen molar-refractivity contribution in [3.63, 3.8) is 0 Å². The van der Waals surface area contributed by atoms with Gasteiger partial charge in [0.1, 0.15) is 23.0 Å². The van der Waals surface area contributed by atoms with Gasteiger partial charge in [0.05, 0.1) is 11.4 Å². The van der Waals surface area contributed by atoms with Gasteiger partial charge in [0, 0.05) is 57.3 Å². The van der Waals surface area contributed by atoms with Crippen LogP contribution in [0.2, 0.25) is 0 Å². The van der Waals surface area contributed by atoms with Crippen LogP contribution in [0.1, 0.15) is 112 Å². The van der Waals surface area contributed by atoms with Crippen LogP contribution in [0.4, 0.5) is 62.6 Å². The molecule has 87 heavy (non-hydrogen) atoms. The molecule has 426 valence electrons. The first-order valence-corrected chi connectivity index (χ1v) is 31.3. The van der Waals surface area contributed by atoms with Gasteiger partial charge in [0.25, 0.3) is 20.1 Å². The number of ether oxygens (including phenoxy) is 2. The second-order valence-electron chi connectivity index (χ2n) is 29.0. The molecule has 0 unspecified atom stereocenters. The summed E-state index contributed by atoms with van der Waals surface area (Å²) in [5, 5.41) is 4.23. The highest BCUT2D eigenvalue weighted by molar-refractivity contribution is 7.04. The summed E-state index contributed by atoms with van der Waals surface area (Å²) in [7, 11) is 0. The average Bonchev–Trinajstić information content (AvgIpc) is 0.706. The van der Waals surface area contributed by atoms with Gasteiger partial charge in [-0.25, -0.2) is 0 Å². The molecule has 10 aromatic rings. The first kappa shape index (κ1) is 53.7. The standard InChI is InChI=1S/C78H73B3N4O2/c1-43-29-45(3)74(46(4)30-43)84-62-41-59-55(79-53-25-19-21-27-61(53)83(52-23-17-16-18-24-52)64-34-49(76(7,8)9)33-60(82-59)71(64)79)39-56(62)81-58-40-57-63(42-68(58)87-70-38-51(78(13,14)15)36-66(84)73(70)81)85(75-47(5)31-44(2)32-48(75)6)65-35-50(77(10,11)12)37-69-72(65)80(57)54-26-20-22-28-67(54)86-69/h16-42,82H,1-15H3. The van der Waals surface area contributed by atoms with Crippen molar-refractivity contribution in [2.75, 3.05) is 20.0 Å². The van der Waals surface area contributed by atoms with E-state index in [2.05, 4.69) is 288 Å². The fourth-order valence-corrected chi connectivity index (χ4v) is 16.0. The van der Waals surface area contributed by atoms with E-state index in [0.717, 1.165) is 57.1 Å². The topological polar surface area (TPSA) is 40.2 Å². The van der Waals surface area contributed by atoms with Crippen LogP contribution in [-0.2, 0) is 16.2 Å². The summed E-state index contributed by atoms with van der Waals surface area (Å²) in [6.45, 7) is 34.1. The van der Waals surface area contributed by atoms with Crippen molar-refractivity contribution in [2.24, 2.45) is 0 Å². The molecule has 6 heterocycles. The van der Waals surface area contributed by atoms with Crippen LogP contribution in [0.5, 0.6) is 23.0 Å². The molecule has 0 bridgehead atoms. The molecule has 0 saturated heterocycles. The lowest BCUT2D eigenvalue weighted by Gasteiger charge is -2.45. The number of hydrogen-bond donors (Lipinski definition) is 1. The van der Waals surface area contributed by atoms with Crippen LogP contribution < -0.4 is 78.7 Å². The summed E-state index contributed by atoms with van der Waals surface area (Å²) in [5.74, 6) is 3.62. The zero-order chi connectivity index (χ0) is 60.2. The van der Waals surface area contributed by atoms with Crippen LogP contribution in [0.25, 0.3) is 0 Å². The highest BCUT2D eigenvalue weighted by Crippen LogP contribution is 2.51. The summed E-state index contributed by atoms with van der Waals surface area (Å²) < 4.78 is 14.9. The van der Waals surface area contributed by atoms with Gasteiger partial charge in [0.15, 0.2) is 0 Å². The highest BCUT2D eigenvalue weighted by Gasteiger charge is 2.50. The Morgan fingerprint density at radius 2 is 0.770 bits per heavy atom. The minimum absolute atomic E-state index is 0.0637. The zero-order valence-corrected chi connectivity index (χ0v) is 53.0. The first-order chi connectivity index (χ1) is 41.5. The Bertz CT molecular complexity index is 4630. The second kappa shape index (κ2) is 18.4. The third-order valence-electron chi connectivity index (χ3n) is 19.8. The van der Waals surface area contributed by atoms with Gasteiger partial charge in [0.2, 0.25) is 0 Å². The molecule has 0 aromatic heterocycles. The Hall–Kier alpha value is -8.81. The van der Waals surface area contributed by atoms with Crippen molar-refractivity contribution in [1.29, 1.82) is 0 Å². The van der Waals surface area contributed by atoms with Crippen molar-refractivity contribution < 1.29 is 9.47 Å².